The molecule has 0 radical (unpaired) electrons. The van der Waals surface area contributed by atoms with Crippen molar-refractivity contribution in [3.63, 3.8) is 0 Å². The number of amides is 2. The molecule has 0 bridgehead atoms. The van der Waals surface area contributed by atoms with E-state index in [2.05, 4.69) is 10.6 Å². The number of primary amides is 1. The molecule has 5 rings (SSSR count). The van der Waals surface area contributed by atoms with E-state index in [1.54, 1.807) is 0 Å². The first-order chi connectivity index (χ1) is 17.5. The summed E-state index contributed by atoms with van der Waals surface area (Å²) >= 11 is 0. The normalized spacial score (nSPS) is 29.4. The van der Waals surface area contributed by atoms with Gasteiger partial charge in [0.15, 0.2) is 17.1 Å². The number of aliphatic hydroxyl groups excluding tert-OH is 2. The monoisotopic (exact) mass is 515 g/mol. The molecule has 12 heteroatoms. The number of carbonyl (C=O) groups is 4. The predicted molar refractivity (Wildman–Crippen MR) is 126 cm³/mol. The van der Waals surface area contributed by atoms with Crippen molar-refractivity contribution in [2.24, 2.45) is 17.6 Å². The maximum absolute atomic E-state index is 15.2. The van der Waals surface area contributed by atoms with Crippen LogP contribution in [0.1, 0.15) is 43.2 Å². The lowest BCUT2D eigenvalue weighted by Gasteiger charge is -2.46. The Balaban J connectivity index is 1.58. The number of carbonyl (C=O) groups excluding carboxylic acids is 4. The first-order valence-electron chi connectivity index (χ1n) is 12.0. The maximum atomic E-state index is 15.2. The minimum Gasteiger partial charge on any atom is -0.508 e. The molecule has 1 saturated carbocycles. The SMILES string of the molecule is NC(=O)C1=C(O)[C@@]2(O)C(=O)C3=C(O)c4c(O)c(NC(=O)[C@@H]5CCCCN5)cc(F)c4CC3C[C@H]2CC1=O. The van der Waals surface area contributed by atoms with Gasteiger partial charge in [0, 0.05) is 29.5 Å². The first-order valence-corrected chi connectivity index (χ1v) is 12.0. The third kappa shape index (κ3) is 3.62. The Kier molecular flexibility index (Phi) is 5.83. The van der Waals surface area contributed by atoms with Gasteiger partial charge in [-0.1, -0.05) is 6.42 Å². The lowest BCUT2D eigenvalue weighted by atomic mass is 9.59. The highest BCUT2D eigenvalue weighted by molar-refractivity contribution is 6.22. The van der Waals surface area contributed by atoms with Crippen LogP contribution in [-0.2, 0) is 25.6 Å². The smallest absolute Gasteiger partial charge is 0.255 e. The fraction of sp³-hybridized carbons (Fsp3) is 0.440. The largest absolute Gasteiger partial charge is 0.508 e. The summed E-state index contributed by atoms with van der Waals surface area (Å²) < 4.78 is 15.2. The molecule has 11 nitrogen and oxygen atoms in total. The number of anilines is 1. The minimum atomic E-state index is -2.71. The number of aromatic hydroxyl groups is 1. The summed E-state index contributed by atoms with van der Waals surface area (Å²) in [6, 6.07) is 0.393. The summed E-state index contributed by atoms with van der Waals surface area (Å²) in [4.78, 5) is 50.2. The summed E-state index contributed by atoms with van der Waals surface area (Å²) in [6.07, 6.45) is 1.56. The molecule has 1 aromatic rings. The van der Waals surface area contributed by atoms with E-state index in [1.807, 2.05) is 0 Å². The zero-order valence-corrected chi connectivity index (χ0v) is 19.6. The molecule has 4 aliphatic rings. The minimum absolute atomic E-state index is 0.101. The average Bonchev–Trinajstić information content (AvgIpc) is 2.84. The molecule has 3 aliphatic carbocycles. The van der Waals surface area contributed by atoms with Crippen LogP contribution in [0.4, 0.5) is 10.1 Å². The zero-order chi connectivity index (χ0) is 26.8. The lowest BCUT2D eigenvalue weighted by molar-refractivity contribution is -0.147. The lowest BCUT2D eigenvalue weighted by Crippen LogP contribution is -2.58. The molecular formula is C25H26FN3O8. The molecule has 37 heavy (non-hydrogen) atoms. The molecule has 1 heterocycles. The van der Waals surface area contributed by atoms with Crippen LogP contribution >= 0.6 is 0 Å². The Morgan fingerprint density at radius 1 is 1.16 bits per heavy atom. The van der Waals surface area contributed by atoms with Gasteiger partial charge in [-0.2, -0.15) is 0 Å². The van der Waals surface area contributed by atoms with Gasteiger partial charge in [-0.05, 0) is 38.1 Å². The van der Waals surface area contributed by atoms with Crippen molar-refractivity contribution in [3.8, 4) is 5.75 Å². The van der Waals surface area contributed by atoms with Crippen LogP contribution in [0.3, 0.4) is 0 Å². The number of Topliss-reactive ketones (excluding diaryl/α,β-unsaturated/α-hetero) is 2. The number of halogens is 1. The van der Waals surface area contributed by atoms with Crippen LogP contribution < -0.4 is 16.4 Å². The fourth-order valence-electron chi connectivity index (χ4n) is 6.03. The number of aliphatic hydroxyl groups is 3. The number of phenols is 1. The fourth-order valence-corrected chi connectivity index (χ4v) is 6.03. The van der Waals surface area contributed by atoms with E-state index in [-0.39, 0.29) is 29.7 Å². The summed E-state index contributed by atoms with van der Waals surface area (Å²) in [5.41, 5.74) is 0.361. The predicted octanol–water partition coefficient (Wildman–Crippen LogP) is 0.644. The van der Waals surface area contributed by atoms with Gasteiger partial charge in [0.1, 0.15) is 22.9 Å². The summed E-state index contributed by atoms with van der Waals surface area (Å²) in [6.45, 7) is 0.632. The van der Waals surface area contributed by atoms with E-state index < -0.39 is 87.5 Å². The summed E-state index contributed by atoms with van der Waals surface area (Å²) in [5, 5.41) is 49.4. The Hall–Kier alpha value is -3.77. The molecule has 4 atom stereocenters. The highest BCUT2D eigenvalue weighted by Crippen LogP contribution is 2.53. The maximum Gasteiger partial charge on any atom is 0.255 e. The van der Waals surface area contributed by atoms with Gasteiger partial charge in [0.2, 0.25) is 11.7 Å². The second-order valence-corrected chi connectivity index (χ2v) is 10.0. The Morgan fingerprint density at radius 2 is 1.89 bits per heavy atom. The number of nitrogens with one attached hydrogen (secondary N) is 2. The first kappa shape index (κ1) is 24.9. The van der Waals surface area contributed by atoms with Gasteiger partial charge in [-0.25, -0.2) is 4.39 Å². The van der Waals surface area contributed by atoms with Crippen molar-refractivity contribution in [2.45, 2.75) is 50.2 Å². The number of fused-ring (bicyclic) bond motifs is 3. The molecule has 2 fully saturated rings. The topological polar surface area (TPSA) is 199 Å². The van der Waals surface area contributed by atoms with Crippen molar-refractivity contribution < 1.29 is 44.0 Å². The number of phenolic OH excluding ortho intramolecular Hbond substituents is 1. The third-order valence-electron chi connectivity index (χ3n) is 7.89. The van der Waals surface area contributed by atoms with E-state index in [4.69, 9.17) is 5.73 Å². The van der Waals surface area contributed by atoms with Crippen molar-refractivity contribution in [1.29, 1.82) is 0 Å². The van der Waals surface area contributed by atoms with Crippen molar-refractivity contribution in [3.05, 3.63) is 39.9 Å². The quantitative estimate of drug-likeness (QED) is 0.223. The Labute approximate surface area is 209 Å². The van der Waals surface area contributed by atoms with Gasteiger partial charge >= 0.3 is 0 Å². The highest BCUT2D eigenvalue weighted by Gasteiger charge is 2.60. The molecule has 1 aromatic carbocycles. The number of benzene rings is 1. The number of nitrogens with two attached hydrogens (primary N) is 1. The van der Waals surface area contributed by atoms with Gasteiger partial charge < -0.3 is 36.8 Å². The average molecular weight is 515 g/mol. The highest BCUT2D eigenvalue weighted by atomic mass is 19.1. The van der Waals surface area contributed by atoms with Crippen LogP contribution in [-0.4, -0.2) is 62.0 Å². The second-order valence-electron chi connectivity index (χ2n) is 10.0. The number of ketones is 2. The standard InChI is InChI=1S/C25H26FN3O8/c26-12-8-14(29-24(36)13-3-1-2-4-28-13)19(31)17-11(12)6-9-5-10-7-15(30)18(23(27)35)22(34)25(10,37)21(33)16(9)20(17)32/h8-10,13,28,31-32,34,37H,1-7H2,(H2,27,35)(H,29,36)/t9?,10-,13-,25-/m0/s1. The van der Waals surface area contributed by atoms with Gasteiger partial charge in [-0.15, -0.1) is 0 Å². The van der Waals surface area contributed by atoms with Crippen molar-refractivity contribution in [1.82, 2.24) is 5.32 Å². The van der Waals surface area contributed by atoms with Gasteiger partial charge in [0.25, 0.3) is 5.91 Å². The summed E-state index contributed by atoms with van der Waals surface area (Å²) in [5.74, 6) is -9.33. The Morgan fingerprint density at radius 3 is 2.54 bits per heavy atom. The molecular weight excluding hydrogens is 489 g/mol. The number of hydrogen-bond acceptors (Lipinski definition) is 9. The summed E-state index contributed by atoms with van der Waals surface area (Å²) in [7, 11) is 0. The van der Waals surface area contributed by atoms with Crippen LogP contribution in [0.2, 0.25) is 0 Å². The van der Waals surface area contributed by atoms with Crippen LogP contribution in [0.25, 0.3) is 5.76 Å². The van der Waals surface area contributed by atoms with E-state index in [0.717, 1.165) is 18.9 Å². The van der Waals surface area contributed by atoms with E-state index in [0.29, 0.717) is 13.0 Å². The van der Waals surface area contributed by atoms with Crippen LogP contribution in [0, 0.1) is 17.7 Å². The number of piperidine rings is 1. The molecule has 2 amide bonds. The zero-order valence-electron chi connectivity index (χ0n) is 19.6. The molecule has 196 valence electrons. The molecule has 0 spiro atoms. The van der Waals surface area contributed by atoms with E-state index >= 15 is 4.39 Å². The molecule has 1 saturated heterocycles. The molecule has 8 N–H and O–H groups in total. The molecule has 1 aliphatic heterocycles. The second kappa shape index (κ2) is 8.67. The van der Waals surface area contributed by atoms with Crippen molar-refractivity contribution >= 4 is 34.8 Å². The Bertz CT molecular complexity index is 1330. The van der Waals surface area contributed by atoms with Crippen LogP contribution in [0.5, 0.6) is 5.75 Å². The third-order valence-corrected chi connectivity index (χ3v) is 7.89. The van der Waals surface area contributed by atoms with Crippen LogP contribution in [0.15, 0.2) is 23.0 Å². The van der Waals surface area contributed by atoms with E-state index in [9.17, 15) is 39.6 Å². The van der Waals surface area contributed by atoms with E-state index in [1.165, 1.54) is 0 Å². The van der Waals surface area contributed by atoms with Gasteiger partial charge in [0.05, 0.1) is 17.3 Å². The number of hydrogen-bond donors (Lipinski definition) is 7. The number of rotatable bonds is 3. The van der Waals surface area contributed by atoms with Gasteiger partial charge in [-0.3, -0.25) is 19.2 Å². The molecule has 1 unspecified atom stereocenters. The van der Waals surface area contributed by atoms with Crippen molar-refractivity contribution in [2.75, 3.05) is 11.9 Å². The molecule has 0 aromatic heterocycles.